The largest absolute Gasteiger partial charge is 0.444 e. The highest BCUT2D eigenvalue weighted by Crippen LogP contribution is 2.10. The first-order valence-electron chi connectivity index (χ1n) is 7.62. The van der Waals surface area contributed by atoms with E-state index in [1.165, 1.54) is 12.2 Å². The summed E-state index contributed by atoms with van der Waals surface area (Å²) in [6.07, 6.45) is 3.54. The molecule has 0 rings (SSSR count). The number of carbonyl (C=O) groups is 1. The summed E-state index contributed by atoms with van der Waals surface area (Å²) < 4.78 is 5.36. The van der Waals surface area contributed by atoms with Gasteiger partial charge in [-0.05, 0) is 59.1 Å². The first-order chi connectivity index (χ1) is 9.76. The van der Waals surface area contributed by atoms with Gasteiger partial charge in [0, 0.05) is 19.6 Å². The summed E-state index contributed by atoms with van der Waals surface area (Å²) in [5.74, 6) is 1.19. The molecule has 6 heteroatoms. The third-order valence-electron chi connectivity index (χ3n) is 2.65. The van der Waals surface area contributed by atoms with Gasteiger partial charge >= 0.3 is 6.09 Å². The van der Waals surface area contributed by atoms with Crippen molar-refractivity contribution in [3.63, 3.8) is 0 Å². The number of ether oxygens (including phenoxy) is 1. The van der Waals surface area contributed by atoms with E-state index >= 15 is 0 Å². The number of thioether (sulfide) groups is 1. The molecule has 5 nitrogen and oxygen atoms in total. The standard InChI is InChI=1S/C15H32N2O3S/c1-13(18)12-17(14(19)20-15(2,3)4)10-9-16-8-6-7-11-21-5/h13,16,18H,6-12H2,1-5H3. The van der Waals surface area contributed by atoms with Gasteiger partial charge < -0.3 is 20.1 Å². The molecular weight excluding hydrogens is 288 g/mol. The number of nitrogens with one attached hydrogen (secondary N) is 1. The lowest BCUT2D eigenvalue weighted by Crippen LogP contribution is -2.43. The van der Waals surface area contributed by atoms with Gasteiger partial charge in [0.15, 0.2) is 0 Å². The van der Waals surface area contributed by atoms with Crippen molar-refractivity contribution in [3.8, 4) is 0 Å². The topological polar surface area (TPSA) is 61.8 Å². The van der Waals surface area contributed by atoms with E-state index in [1.54, 1.807) is 11.8 Å². The van der Waals surface area contributed by atoms with Crippen LogP contribution in [0.5, 0.6) is 0 Å². The quantitative estimate of drug-likeness (QED) is 0.605. The Morgan fingerprint density at radius 1 is 1.33 bits per heavy atom. The first kappa shape index (κ1) is 20.5. The number of carbonyl (C=O) groups excluding carboxylic acids is 1. The summed E-state index contributed by atoms with van der Waals surface area (Å²) in [5, 5.41) is 12.8. The van der Waals surface area contributed by atoms with Crippen LogP contribution in [0, 0.1) is 0 Å². The zero-order valence-corrected chi connectivity index (χ0v) is 15.0. The van der Waals surface area contributed by atoms with E-state index in [-0.39, 0.29) is 6.09 Å². The molecule has 0 aliphatic rings. The van der Waals surface area contributed by atoms with Crippen LogP contribution in [0.15, 0.2) is 0 Å². The van der Waals surface area contributed by atoms with Crippen molar-refractivity contribution in [1.82, 2.24) is 10.2 Å². The fourth-order valence-electron chi connectivity index (χ4n) is 1.74. The maximum Gasteiger partial charge on any atom is 0.410 e. The molecule has 1 atom stereocenters. The molecule has 0 saturated heterocycles. The number of unbranched alkanes of at least 4 members (excludes halogenated alkanes) is 1. The molecule has 0 bridgehead atoms. The Hall–Kier alpha value is -0.460. The second-order valence-corrected chi connectivity index (χ2v) is 7.21. The average Bonchev–Trinajstić information content (AvgIpc) is 2.33. The number of rotatable bonds is 10. The van der Waals surface area contributed by atoms with Gasteiger partial charge in [-0.15, -0.1) is 0 Å². The van der Waals surface area contributed by atoms with Crippen LogP contribution >= 0.6 is 11.8 Å². The summed E-state index contributed by atoms with van der Waals surface area (Å²) in [5.41, 5.74) is -0.515. The molecule has 2 N–H and O–H groups in total. The normalized spacial score (nSPS) is 13.0. The second-order valence-electron chi connectivity index (χ2n) is 6.23. The number of hydrogen-bond acceptors (Lipinski definition) is 5. The SMILES string of the molecule is CSCCCCNCCN(CC(C)O)C(=O)OC(C)(C)C. The van der Waals surface area contributed by atoms with E-state index < -0.39 is 11.7 Å². The van der Waals surface area contributed by atoms with E-state index in [4.69, 9.17) is 4.74 Å². The Morgan fingerprint density at radius 3 is 2.52 bits per heavy atom. The number of aliphatic hydroxyl groups is 1. The summed E-state index contributed by atoms with van der Waals surface area (Å²) in [6.45, 7) is 9.71. The highest BCUT2D eigenvalue weighted by molar-refractivity contribution is 7.98. The Balaban J connectivity index is 4.04. The lowest BCUT2D eigenvalue weighted by atomic mass is 10.2. The van der Waals surface area contributed by atoms with E-state index in [0.29, 0.717) is 19.6 Å². The highest BCUT2D eigenvalue weighted by Gasteiger charge is 2.22. The zero-order chi connectivity index (χ0) is 16.3. The van der Waals surface area contributed by atoms with Crippen LogP contribution in [0.25, 0.3) is 0 Å². The van der Waals surface area contributed by atoms with Crippen molar-refractivity contribution < 1.29 is 14.6 Å². The molecule has 1 amide bonds. The molecular formula is C15H32N2O3S. The Bertz CT molecular complexity index is 281. The van der Waals surface area contributed by atoms with Gasteiger partial charge in [0.05, 0.1) is 6.10 Å². The fraction of sp³-hybridized carbons (Fsp3) is 0.933. The molecule has 0 saturated carbocycles. The van der Waals surface area contributed by atoms with Gasteiger partial charge in [-0.1, -0.05) is 0 Å². The van der Waals surface area contributed by atoms with Crippen molar-refractivity contribution in [2.24, 2.45) is 0 Å². The number of aliphatic hydroxyl groups excluding tert-OH is 1. The van der Waals surface area contributed by atoms with Crippen LogP contribution < -0.4 is 5.32 Å². The van der Waals surface area contributed by atoms with E-state index in [1.807, 2.05) is 32.5 Å². The monoisotopic (exact) mass is 320 g/mol. The Labute approximate surface area is 133 Å². The average molecular weight is 320 g/mol. The van der Waals surface area contributed by atoms with Gasteiger partial charge in [0.1, 0.15) is 5.60 Å². The lowest BCUT2D eigenvalue weighted by molar-refractivity contribution is 0.0164. The molecule has 21 heavy (non-hydrogen) atoms. The smallest absolute Gasteiger partial charge is 0.410 e. The van der Waals surface area contributed by atoms with Crippen LogP contribution in [0.4, 0.5) is 4.79 Å². The fourth-order valence-corrected chi connectivity index (χ4v) is 2.23. The summed E-state index contributed by atoms with van der Waals surface area (Å²) in [4.78, 5) is 13.6. The van der Waals surface area contributed by atoms with Crippen LogP contribution in [0.3, 0.4) is 0 Å². The minimum absolute atomic E-state index is 0.295. The molecule has 0 aliphatic carbocycles. The Morgan fingerprint density at radius 2 is 2.00 bits per heavy atom. The summed E-state index contributed by atoms with van der Waals surface area (Å²) in [7, 11) is 0. The maximum atomic E-state index is 12.1. The second kappa shape index (κ2) is 11.2. The Kier molecular flexibility index (Phi) is 10.9. The van der Waals surface area contributed by atoms with E-state index in [2.05, 4.69) is 11.6 Å². The minimum Gasteiger partial charge on any atom is -0.444 e. The van der Waals surface area contributed by atoms with Crippen LogP contribution in [0.1, 0.15) is 40.5 Å². The minimum atomic E-state index is -0.556. The predicted molar refractivity (Wildman–Crippen MR) is 90.0 cm³/mol. The third kappa shape index (κ3) is 13.0. The molecule has 126 valence electrons. The summed E-state index contributed by atoms with van der Waals surface area (Å²) >= 11 is 1.86. The van der Waals surface area contributed by atoms with Crippen molar-refractivity contribution in [2.45, 2.75) is 52.2 Å². The van der Waals surface area contributed by atoms with Gasteiger partial charge in [-0.3, -0.25) is 0 Å². The lowest BCUT2D eigenvalue weighted by Gasteiger charge is -2.28. The number of nitrogens with zero attached hydrogens (tertiary/aromatic N) is 1. The van der Waals surface area contributed by atoms with Gasteiger partial charge in [-0.2, -0.15) is 11.8 Å². The molecule has 0 aliphatic heterocycles. The van der Waals surface area contributed by atoms with Gasteiger partial charge in [0.25, 0.3) is 0 Å². The molecule has 0 aromatic carbocycles. The molecule has 0 radical (unpaired) electrons. The zero-order valence-electron chi connectivity index (χ0n) is 14.1. The molecule has 0 fully saturated rings. The molecule has 1 unspecified atom stereocenters. The molecule has 0 aromatic rings. The third-order valence-corrected chi connectivity index (χ3v) is 3.34. The number of hydrogen-bond donors (Lipinski definition) is 2. The predicted octanol–water partition coefficient (Wildman–Crippen LogP) is 2.34. The molecule has 0 heterocycles. The van der Waals surface area contributed by atoms with Crippen molar-refractivity contribution in [3.05, 3.63) is 0 Å². The molecule has 0 spiro atoms. The number of amides is 1. The van der Waals surface area contributed by atoms with Gasteiger partial charge in [0.2, 0.25) is 0 Å². The van der Waals surface area contributed by atoms with Crippen molar-refractivity contribution in [1.29, 1.82) is 0 Å². The highest BCUT2D eigenvalue weighted by atomic mass is 32.2. The van der Waals surface area contributed by atoms with Crippen LogP contribution in [0.2, 0.25) is 0 Å². The summed E-state index contributed by atoms with van der Waals surface area (Å²) in [6, 6.07) is 0. The van der Waals surface area contributed by atoms with E-state index in [0.717, 1.165) is 13.0 Å². The first-order valence-corrected chi connectivity index (χ1v) is 9.01. The van der Waals surface area contributed by atoms with Crippen molar-refractivity contribution in [2.75, 3.05) is 38.2 Å². The molecule has 0 aromatic heterocycles. The van der Waals surface area contributed by atoms with Crippen LogP contribution in [-0.4, -0.2) is 66.0 Å². The maximum absolute atomic E-state index is 12.1. The van der Waals surface area contributed by atoms with Crippen LogP contribution in [-0.2, 0) is 4.74 Å². The van der Waals surface area contributed by atoms with Crippen molar-refractivity contribution >= 4 is 17.9 Å². The van der Waals surface area contributed by atoms with E-state index in [9.17, 15) is 9.90 Å². The van der Waals surface area contributed by atoms with Gasteiger partial charge in [-0.25, -0.2) is 4.79 Å².